The van der Waals surface area contributed by atoms with Gasteiger partial charge in [0.25, 0.3) is 10.0 Å². The second kappa shape index (κ2) is 5.35. The van der Waals surface area contributed by atoms with Crippen molar-refractivity contribution in [3.05, 3.63) is 15.4 Å². The second-order valence-corrected chi connectivity index (χ2v) is 7.94. The zero-order chi connectivity index (χ0) is 14.1. The van der Waals surface area contributed by atoms with E-state index in [9.17, 15) is 13.2 Å². The number of hydrogen-bond donors (Lipinski definition) is 2. The SMILES string of the molecule is COCCC1(CNS(=O)(=O)c2sc(=O)[nH]c2C)CC1. The summed E-state index contributed by atoms with van der Waals surface area (Å²) in [6.07, 6.45) is 2.89. The summed E-state index contributed by atoms with van der Waals surface area (Å²) in [7, 11) is -1.95. The van der Waals surface area contributed by atoms with Crippen molar-refractivity contribution in [2.24, 2.45) is 5.41 Å². The number of H-pyrrole nitrogens is 1. The van der Waals surface area contributed by atoms with Gasteiger partial charge in [0.05, 0.1) is 0 Å². The maximum absolute atomic E-state index is 12.1. The van der Waals surface area contributed by atoms with Crippen LogP contribution in [-0.2, 0) is 14.8 Å². The van der Waals surface area contributed by atoms with Crippen molar-refractivity contribution in [3.8, 4) is 0 Å². The van der Waals surface area contributed by atoms with Gasteiger partial charge in [-0.1, -0.05) is 11.3 Å². The van der Waals surface area contributed by atoms with Crippen molar-refractivity contribution < 1.29 is 13.2 Å². The van der Waals surface area contributed by atoms with Gasteiger partial charge >= 0.3 is 4.87 Å². The van der Waals surface area contributed by atoms with Crippen molar-refractivity contribution in [1.82, 2.24) is 9.71 Å². The van der Waals surface area contributed by atoms with Gasteiger partial charge in [-0.2, -0.15) is 0 Å². The number of hydrogen-bond acceptors (Lipinski definition) is 5. The van der Waals surface area contributed by atoms with Crippen LogP contribution in [-0.4, -0.2) is 33.7 Å². The lowest BCUT2D eigenvalue weighted by Gasteiger charge is -2.15. The second-order valence-electron chi connectivity index (χ2n) is 4.99. The summed E-state index contributed by atoms with van der Waals surface area (Å²) >= 11 is 0.724. The molecular formula is C11H18N2O4S2. The summed E-state index contributed by atoms with van der Waals surface area (Å²) in [5.41, 5.74) is 0.433. The summed E-state index contributed by atoms with van der Waals surface area (Å²) in [4.78, 5) is 13.3. The zero-order valence-corrected chi connectivity index (χ0v) is 12.6. The molecule has 2 rings (SSSR count). The molecule has 6 nitrogen and oxygen atoms in total. The lowest BCUT2D eigenvalue weighted by atomic mass is 10.0. The van der Waals surface area contributed by atoms with E-state index in [2.05, 4.69) is 9.71 Å². The van der Waals surface area contributed by atoms with Gasteiger partial charge < -0.3 is 9.72 Å². The average Bonchev–Trinajstić information content (AvgIpc) is 3.03. The molecule has 8 heteroatoms. The number of sulfonamides is 1. The Morgan fingerprint density at radius 1 is 1.47 bits per heavy atom. The molecule has 0 spiro atoms. The first-order valence-corrected chi connectivity index (χ1v) is 8.37. The molecule has 1 aliphatic rings. The molecule has 1 fully saturated rings. The standard InChI is InChI=1S/C11H18N2O4S2/c1-8-9(18-10(14)13-8)19(15,16)12-7-11(3-4-11)5-6-17-2/h12H,3-7H2,1-2H3,(H,13,14). The van der Waals surface area contributed by atoms with Crippen LogP contribution in [0.25, 0.3) is 0 Å². The molecule has 0 amide bonds. The van der Waals surface area contributed by atoms with Gasteiger partial charge in [0.15, 0.2) is 4.21 Å². The maximum atomic E-state index is 12.1. The fourth-order valence-electron chi connectivity index (χ4n) is 1.97. The van der Waals surface area contributed by atoms with Crippen LogP contribution in [0.15, 0.2) is 9.00 Å². The van der Waals surface area contributed by atoms with Gasteiger partial charge in [0.2, 0.25) is 0 Å². The molecule has 108 valence electrons. The number of aromatic nitrogens is 1. The van der Waals surface area contributed by atoms with Crippen LogP contribution in [0.4, 0.5) is 0 Å². The van der Waals surface area contributed by atoms with Crippen molar-refractivity contribution in [2.45, 2.75) is 30.4 Å². The van der Waals surface area contributed by atoms with E-state index in [0.717, 1.165) is 30.6 Å². The predicted octanol–water partition coefficient (Wildman–Crippen LogP) is 0.840. The minimum absolute atomic E-state index is 0.0399. The molecule has 0 unspecified atom stereocenters. The molecule has 0 atom stereocenters. The van der Waals surface area contributed by atoms with Crippen LogP contribution in [0.1, 0.15) is 25.0 Å². The summed E-state index contributed by atoms with van der Waals surface area (Å²) in [6.45, 7) is 2.63. The molecule has 1 aromatic heterocycles. The number of nitrogens with one attached hydrogen (secondary N) is 2. The number of aromatic amines is 1. The topological polar surface area (TPSA) is 88.3 Å². The normalized spacial score (nSPS) is 17.6. The van der Waals surface area contributed by atoms with E-state index in [1.807, 2.05) is 0 Å². The van der Waals surface area contributed by atoms with E-state index >= 15 is 0 Å². The molecule has 1 aromatic rings. The lowest BCUT2D eigenvalue weighted by molar-refractivity contribution is 0.173. The quantitative estimate of drug-likeness (QED) is 0.781. The highest BCUT2D eigenvalue weighted by Crippen LogP contribution is 2.48. The summed E-state index contributed by atoms with van der Waals surface area (Å²) in [6, 6.07) is 0. The van der Waals surface area contributed by atoms with E-state index in [4.69, 9.17) is 4.74 Å². The van der Waals surface area contributed by atoms with E-state index in [1.165, 1.54) is 0 Å². The van der Waals surface area contributed by atoms with Gasteiger partial charge in [-0.3, -0.25) is 4.79 Å². The first kappa shape index (κ1) is 14.7. The number of rotatable bonds is 7. The van der Waals surface area contributed by atoms with Crippen LogP contribution >= 0.6 is 11.3 Å². The summed E-state index contributed by atoms with van der Waals surface area (Å²) in [5, 5.41) is 0. The Morgan fingerprint density at radius 3 is 2.63 bits per heavy atom. The third-order valence-electron chi connectivity index (χ3n) is 3.46. The van der Waals surface area contributed by atoms with Gasteiger partial charge in [-0.25, -0.2) is 13.1 Å². The van der Waals surface area contributed by atoms with E-state index in [1.54, 1.807) is 14.0 Å². The highest BCUT2D eigenvalue weighted by Gasteiger charge is 2.42. The molecule has 1 aliphatic carbocycles. The molecule has 19 heavy (non-hydrogen) atoms. The van der Waals surface area contributed by atoms with Gasteiger partial charge in [-0.15, -0.1) is 0 Å². The van der Waals surface area contributed by atoms with E-state index < -0.39 is 10.0 Å². The molecule has 0 radical (unpaired) electrons. The summed E-state index contributed by atoms with van der Waals surface area (Å²) in [5.74, 6) is 0. The molecule has 1 saturated carbocycles. The maximum Gasteiger partial charge on any atom is 0.305 e. The summed E-state index contributed by atoms with van der Waals surface area (Å²) < 4.78 is 32.0. The Labute approximate surface area is 116 Å². The monoisotopic (exact) mass is 306 g/mol. The number of methoxy groups -OCH3 is 1. The minimum Gasteiger partial charge on any atom is -0.385 e. The third kappa shape index (κ3) is 3.44. The van der Waals surface area contributed by atoms with Crippen LogP contribution in [0.5, 0.6) is 0 Å². The highest BCUT2D eigenvalue weighted by molar-refractivity contribution is 7.91. The number of aryl methyl sites for hydroxylation is 1. The van der Waals surface area contributed by atoms with Crippen LogP contribution in [0.3, 0.4) is 0 Å². The van der Waals surface area contributed by atoms with Crippen LogP contribution in [0, 0.1) is 12.3 Å². The smallest absolute Gasteiger partial charge is 0.305 e. The highest BCUT2D eigenvalue weighted by atomic mass is 32.2. The van der Waals surface area contributed by atoms with E-state index in [0.29, 0.717) is 18.8 Å². The Hall–Kier alpha value is -0.700. The molecule has 0 aromatic carbocycles. The molecule has 0 saturated heterocycles. The third-order valence-corrected chi connectivity index (χ3v) is 6.46. The minimum atomic E-state index is -3.59. The molecular weight excluding hydrogens is 288 g/mol. The Bertz CT molecular complexity index is 598. The zero-order valence-electron chi connectivity index (χ0n) is 11.0. The van der Waals surface area contributed by atoms with Crippen molar-refractivity contribution in [1.29, 1.82) is 0 Å². The van der Waals surface area contributed by atoms with Crippen molar-refractivity contribution >= 4 is 21.4 Å². The fourth-order valence-corrected chi connectivity index (χ4v) is 4.47. The molecule has 0 bridgehead atoms. The van der Waals surface area contributed by atoms with Gasteiger partial charge in [0, 0.05) is 26.0 Å². The molecule has 1 heterocycles. The van der Waals surface area contributed by atoms with Crippen molar-refractivity contribution in [2.75, 3.05) is 20.3 Å². The first-order valence-electron chi connectivity index (χ1n) is 6.07. The molecule has 0 aliphatic heterocycles. The Morgan fingerprint density at radius 2 is 2.16 bits per heavy atom. The number of ether oxygens (including phenoxy) is 1. The molecule has 2 N–H and O–H groups in total. The lowest BCUT2D eigenvalue weighted by Crippen LogP contribution is -2.30. The van der Waals surface area contributed by atoms with Crippen LogP contribution < -0.4 is 9.60 Å². The Kier molecular flexibility index (Phi) is 4.14. The first-order chi connectivity index (χ1) is 8.88. The van der Waals surface area contributed by atoms with Gasteiger partial charge in [-0.05, 0) is 31.6 Å². The predicted molar refractivity (Wildman–Crippen MR) is 73.0 cm³/mol. The van der Waals surface area contributed by atoms with Gasteiger partial charge in [0.1, 0.15) is 0 Å². The Balaban J connectivity index is 2.03. The largest absolute Gasteiger partial charge is 0.385 e. The fraction of sp³-hybridized carbons (Fsp3) is 0.727. The van der Waals surface area contributed by atoms with Crippen molar-refractivity contribution in [3.63, 3.8) is 0 Å². The van der Waals surface area contributed by atoms with Crippen LogP contribution in [0.2, 0.25) is 0 Å². The van der Waals surface area contributed by atoms with E-state index in [-0.39, 0.29) is 14.5 Å². The average molecular weight is 306 g/mol. The number of thiazole rings is 1.